The van der Waals surface area contributed by atoms with Gasteiger partial charge in [-0.05, 0) is 18.2 Å². The van der Waals surface area contributed by atoms with Crippen LogP contribution in [0, 0.1) is 0 Å². The summed E-state index contributed by atoms with van der Waals surface area (Å²) in [5.74, 6) is -0.972. The predicted octanol–water partition coefficient (Wildman–Crippen LogP) is 2.95. The van der Waals surface area contributed by atoms with Crippen molar-refractivity contribution in [2.45, 2.75) is 0 Å². The number of carbonyl (C=O) groups is 1. The monoisotopic (exact) mass is 306 g/mol. The summed E-state index contributed by atoms with van der Waals surface area (Å²) in [7, 11) is 1.83. The average molecular weight is 307 g/mol. The van der Waals surface area contributed by atoms with E-state index >= 15 is 0 Å². The summed E-state index contributed by atoms with van der Waals surface area (Å²) in [4.78, 5) is 10.6. The Balaban J connectivity index is 2.46. The molecule has 92 valence electrons. The van der Waals surface area contributed by atoms with Crippen LogP contribution in [0.5, 0.6) is 0 Å². The molecule has 5 heteroatoms. The van der Waals surface area contributed by atoms with Crippen LogP contribution in [-0.4, -0.2) is 20.9 Å². The molecule has 0 aliphatic carbocycles. The van der Waals surface area contributed by atoms with E-state index in [1.165, 1.54) is 0 Å². The number of aliphatic carboxylic acids is 1. The molecule has 2 rings (SSSR count). The Bertz CT molecular complexity index is 600. The Morgan fingerprint density at radius 3 is 2.67 bits per heavy atom. The number of carboxylic acid groups (broad SMARTS) is 1. The molecule has 1 heterocycles. The van der Waals surface area contributed by atoms with Crippen LogP contribution in [0.15, 0.2) is 41.0 Å². The van der Waals surface area contributed by atoms with Crippen molar-refractivity contribution in [2.75, 3.05) is 0 Å². The van der Waals surface area contributed by atoms with E-state index in [1.54, 1.807) is 17.0 Å². The van der Waals surface area contributed by atoms with Gasteiger partial charge >= 0.3 is 5.97 Å². The summed E-state index contributed by atoms with van der Waals surface area (Å²) in [6.07, 6.45) is 4.31. The molecule has 2 aromatic rings. The minimum atomic E-state index is -0.972. The van der Waals surface area contributed by atoms with Crippen LogP contribution in [0.3, 0.4) is 0 Å². The molecule has 4 nitrogen and oxygen atoms in total. The molecule has 1 aromatic heterocycles. The largest absolute Gasteiger partial charge is 0.478 e. The number of nitrogens with zero attached hydrogens (tertiary/aromatic N) is 2. The molecule has 0 saturated carbocycles. The van der Waals surface area contributed by atoms with Crippen LogP contribution < -0.4 is 0 Å². The second-order valence-corrected chi connectivity index (χ2v) is 4.67. The quantitative estimate of drug-likeness (QED) is 0.887. The van der Waals surface area contributed by atoms with Gasteiger partial charge in [0.25, 0.3) is 0 Å². The van der Waals surface area contributed by atoms with E-state index < -0.39 is 5.97 Å². The zero-order valence-electron chi connectivity index (χ0n) is 9.67. The van der Waals surface area contributed by atoms with Gasteiger partial charge in [-0.15, -0.1) is 0 Å². The van der Waals surface area contributed by atoms with E-state index in [-0.39, 0.29) is 0 Å². The fourth-order valence-electron chi connectivity index (χ4n) is 1.70. The van der Waals surface area contributed by atoms with Crippen molar-refractivity contribution in [1.82, 2.24) is 9.78 Å². The number of hydrogen-bond acceptors (Lipinski definition) is 2. The van der Waals surface area contributed by atoms with Gasteiger partial charge in [0.15, 0.2) is 0 Å². The molecule has 0 bridgehead atoms. The number of carboxylic acids is 1. The lowest BCUT2D eigenvalue weighted by Crippen LogP contribution is -1.94. The maximum absolute atomic E-state index is 10.6. The first-order chi connectivity index (χ1) is 8.58. The van der Waals surface area contributed by atoms with Crippen molar-refractivity contribution in [3.8, 4) is 11.3 Å². The Hall–Kier alpha value is -1.88. The number of benzene rings is 1. The third-order valence-corrected chi connectivity index (χ3v) is 3.02. The molecule has 0 aliphatic rings. The molecule has 0 amide bonds. The van der Waals surface area contributed by atoms with Crippen molar-refractivity contribution in [3.05, 3.63) is 46.6 Å². The van der Waals surface area contributed by atoms with Crippen LogP contribution in [0.25, 0.3) is 17.3 Å². The van der Waals surface area contributed by atoms with E-state index in [2.05, 4.69) is 21.0 Å². The smallest absolute Gasteiger partial charge is 0.328 e. The van der Waals surface area contributed by atoms with Gasteiger partial charge in [0.1, 0.15) is 0 Å². The normalized spacial score (nSPS) is 11.0. The van der Waals surface area contributed by atoms with E-state index in [4.69, 9.17) is 5.11 Å². The van der Waals surface area contributed by atoms with Crippen LogP contribution in [0.1, 0.15) is 5.56 Å². The van der Waals surface area contributed by atoms with Gasteiger partial charge in [-0.1, -0.05) is 28.1 Å². The third-order valence-electron chi connectivity index (χ3n) is 2.49. The van der Waals surface area contributed by atoms with Gasteiger partial charge in [-0.2, -0.15) is 5.10 Å². The van der Waals surface area contributed by atoms with E-state index in [0.29, 0.717) is 0 Å². The highest BCUT2D eigenvalue weighted by Gasteiger charge is 2.08. The first-order valence-corrected chi connectivity index (χ1v) is 6.06. The van der Waals surface area contributed by atoms with E-state index in [9.17, 15) is 4.79 Å². The topological polar surface area (TPSA) is 55.1 Å². The molecule has 0 fully saturated rings. The van der Waals surface area contributed by atoms with Crippen molar-refractivity contribution in [1.29, 1.82) is 0 Å². The lowest BCUT2D eigenvalue weighted by molar-refractivity contribution is -0.131. The zero-order chi connectivity index (χ0) is 13.1. The van der Waals surface area contributed by atoms with Crippen LogP contribution in [0.2, 0.25) is 0 Å². The molecule has 18 heavy (non-hydrogen) atoms. The molecular formula is C13H11BrN2O2. The lowest BCUT2D eigenvalue weighted by Gasteiger charge is -2.04. The van der Waals surface area contributed by atoms with Crippen LogP contribution in [0.4, 0.5) is 0 Å². The number of hydrogen-bond donors (Lipinski definition) is 1. The van der Waals surface area contributed by atoms with Gasteiger partial charge in [-0.3, -0.25) is 4.68 Å². The van der Waals surface area contributed by atoms with Crippen LogP contribution in [-0.2, 0) is 11.8 Å². The number of halogens is 1. The zero-order valence-corrected chi connectivity index (χ0v) is 11.3. The highest BCUT2D eigenvalue weighted by molar-refractivity contribution is 9.10. The predicted molar refractivity (Wildman–Crippen MR) is 73.0 cm³/mol. The summed E-state index contributed by atoms with van der Waals surface area (Å²) in [6, 6.07) is 7.79. The Kier molecular flexibility index (Phi) is 3.62. The fourth-order valence-corrected chi connectivity index (χ4v) is 1.96. The molecular weight excluding hydrogens is 296 g/mol. The minimum absolute atomic E-state index is 0.780. The third kappa shape index (κ3) is 2.68. The molecule has 0 unspecified atom stereocenters. The molecule has 0 radical (unpaired) electrons. The van der Waals surface area contributed by atoms with Gasteiger partial charge < -0.3 is 5.11 Å². The molecule has 0 aliphatic heterocycles. The van der Waals surface area contributed by atoms with Gasteiger partial charge in [0.05, 0.1) is 11.9 Å². The number of aryl methyl sites for hydroxylation is 1. The second kappa shape index (κ2) is 5.18. The minimum Gasteiger partial charge on any atom is -0.478 e. The Labute approximate surface area is 113 Å². The molecule has 0 atom stereocenters. The second-order valence-electron chi connectivity index (χ2n) is 3.75. The molecule has 0 saturated heterocycles. The highest BCUT2D eigenvalue weighted by atomic mass is 79.9. The molecule has 1 N–H and O–H groups in total. The Morgan fingerprint density at radius 1 is 1.39 bits per heavy atom. The lowest BCUT2D eigenvalue weighted by atomic mass is 10.1. The maximum Gasteiger partial charge on any atom is 0.328 e. The standard InChI is InChI=1S/C13H11BrN2O2/c1-16-13(9-2-5-11(14)6-3-9)10(8-15-16)4-7-12(17)18/h2-8H,1H3,(H,17,18)/b7-4+. The van der Waals surface area contributed by atoms with E-state index in [1.807, 2.05) is 31.3 Å². The summed E-state index contributed by atoms with van der Waals surface area (Å²) in [6.45, 7) is 0. The van der Waals surface area contributed by atoms with Crippen molar-refractivity contribution >= 4 is 28.0 Å². The van der Waals surface area contributed by atoms with Crippen LogP contribution >= 0.6 is 15.9 Å². The summed E-state index contributed by atoms with van der Waals surface area (Å²) in [5.41, 5.74) is 2.66. The first-order valence-electron chi connectivity index (χ1n) is 5.27. The summed E-state index contributed by atoms with van der Waals surface area (Å²) < 4.78 is 2.72. The fraction of sp³-hybridized carbons (Fsp3) is 0.0769. The highest BCUT2D eigenvalue weighted by Crippen LogP contribution is 2.25. The van der Waals surface area contributed by atoms with E-state index in [0.717, 1.165) is 27.4 Å². The van der Waals surface area contributed by atoms with Gasteiger partial charge in [0.2, 0.25) is 0 Å². The van der Waals surface area contributed by atoms with Gasteiger partial charge in [0, 0.05) is 28.7 Å². The molecule has 0 spiro atoms. The number of aromatic nitrogens is 2. The van der Waals surface area contributed by atoms with Gasteiger partial charge in [-0.25, -0.2) is 4.79 Å². The average Bonchev–Trinajstić information content (AvgIpc) is 2.69. The van der Waals surface area contributed by atoms with Crippen molar-refractivity contribution < 1.29 is 9.90 Å². The summed E-state index contributed by atoms with van der Waals surface area (Å²) >= 11 is 3.38. The van der Waals surface area contributed by atoms with Crippen molar-refractivity contribution in [3.63, 3.8) is 0 Å². The SMILES string of the molecule is Cn1ncc(/C=C/C(=O)O)c1-c1ccc(Br)cc1. The Morgan fingerprint density at radius 2 is 2.06 bits per heavy atom. The van der Waals surface area contributed by atoms with Crippen molar-refractivity contribution in [2.24, 2.45) is 7.05 Å². The first kappa shape index (κ1) is 12.6. The number of rotatable bonds is 3. The summed E-state index contributed by atoms with van der Waals surface area (Å²) in [5, 5.41) is 12.8. The maximum atomic E-state index is 10.6. The molecule has 1 aromatic carbocycles.